The van der Waals surface area contributed by atoms with Crippen molar-refractivity contribution < 1.29 is 4.79 Å². The van der Waals surface area contributed by atoms with Crippen LogP contribution in [0.5, 0.6) is 0 Å². The molecule has 0 bridgehead atoms. The van der Waals surface area contributed by atoms with E-state index in [-0.39, 0.29) is 18.0 Å². The van der Waals surface area contributed by atoms with Gasteiger partial charge in [0.15, 0.2) is 0 Å². The van der Waals surface area contributed by atoms with Crippen molar-refractivity contribution in [1.29, 1.82) is 0 Å². The number of aromatic nitrogens is 2. The van der Waals surface area contributed by atoms with Crippen molar-refractivity contribution in [2.24, 2.45) is 0 Å². The molecule has 0 fully saturated rings. The van der Waals surface area contributed by atoms with Crippen LogP contribution in [0.4, 0.5) is 0 Å². The molecule has 7 heteroatoms. The maximum atomic E-state index is 12.3. The van der Waals surface area contributed by atoms with E-state index in [1.165, 1.54) is 15.8 Å². The summed E-state index contributed by atoms with van der Waals surface area (Å²) in [5.41, 5.74) is 0.351. The summed E-state index contributed by atoms with van der Waals surface area (Å²) in [6, 6.07) is 3.52. The zero-order valence-corrected chi connectivity index (χ0v) is 13.5. The highest BCUT2D eigenvalue weighted by atomic mass is 79.9. The molecule has 0 spiro atoms. The Hall–Kier alpha value is -1.21. The number of rotatable bonds is 2. The summed E-state index contributed by atoms with van der Waals surface area (Å²) >= 11 is 6.70. The van der Waals surface area contributed by atoms with Gasteiger partial charge in [0.05, 0.1) is 17.2 Å². The molecule has 0 aliphatic carbocycles. The van der Waals surface area contributed by atoms with Gasteiger partial charge in [0, 0.05) is 23.0 Å². The van der Waals surface area contributed by atoms with E-state index >= 15 is 0 Å². The third-order valence-corrected chi connectivity index (χ3v) is 3.71. The van der Waals surface area contributed by atoms with Crippen LogP contribution in [0.1, 0.15) is 0 Å². The van der Waals surface area contributed by atoms with Crippen LogP contribution in [0.2, 0.25) is 0 Å². The minimum Gasteiger partial charge on any atom is -0.347 e. The lowest BCUT2D eigenvalue weighted by Gasteiger charge is -2.12. The predicted octanol–water partition coefficient (Wildman–Crippen LogP) is 2.01. The summed E-state index contributed by atoms with van der Waals surface area (Å²) in [6.07, 6.45) is 1.39. The smallest absolute Gasteiger partial charge is 0.261 e. The first-order valence-electron chi connectivity index (χ1n) is 5.44. The van der Waals surface area contributed by atoms with Gasteiger partial charge in [-0.25, -0.2) is 4.98 Å². The molecule has 0 unspecified atom stereocenters. The second-order valence-corrected chi connectivity index (χ2v) is 6.02. The van der Waals surface area contributed by atoms with E-state index in [1.807, 2.05) is 6.07 Å². The maximum Gasteiger partial charge on any atom is 0.261 e. The number of hydrogen-bond donors (Lipinski definition) is 0. The molecule has 0 saturated heterocycles. The molecule has 100 valence electrons. The van der Waals surface area contributed by atoms with Gasteiger partial charge in [-0.2, -0.15) is 0 Å². The quantitative estimate of drug-likeness (QED) is 0.790. The minimum atomic E-state index is -0.234. The zero-order chi connectivity index (χ0) is 14.2. The van der Waals surface area contributed by atoms with E-state index in [0.717, 1.165) is 8.95 Å². The van der Waals surface area contributed by atoms with E-state index in [2.05, 4.69) is 36.8 Å². The second-order valence-electron chi connectivity index (χ2n) is 4.25. The highest BCUT2D eigenvalue weighted by Gasteiger charge is 2.11. The fraction of sp³-hybridized carbons (Fsp3) is 0.250. The number of fused-ring (bicyclic) bond motifs is 1. The van der Waals surface area contributed by atoms with Crippen molar-refractivity contribution in [3.8, 4) is 0 Å². The molecule has 0 N–H and O–H groups in total. The average Bonchev–Trinajstić information content (AvgIpc) is 2.33. The van der Waals surface area contributed by atoms with Gasteiger partial charge < -0.3 is 4.90 Å². The number of halogens is 2. The van der Waals surface area contributed by atoms with Crippen LogP contribution >= 0.6 is 31.9 Å². The first kappa shape index (κ1) is 14.2. The highest BCUT2D eigenvalue weighted by Crippen LogP contribution is 2.24. The van der Waals surface area contributed by atoms with E-state index < -0.39 is 0 Å². The number of carbonyl (C=O) groups excluding carboxylic acids is 1. The summed E-state index contributed by atoms with van der Waals surface area (Å²) in [5, 5.41) is 0.468. The van der Waals surface area contributed by atoms with Crippen LogP contribution in [0, 0.1) is 0 Å². The van der Waals surface area contributed by atoms with Crippen molar-refractivity contribution in [2.45, 2.75) is 6.54 Å². The monoisotopic (exact) mass is 387 g/mol. The first-order chi connectivity index (χ1) is 8.90. The lowest BCUT2D eigenvalue weighted by atomic mass is 10.2. The highest BCUT2D eigenvalue weighted by molar-refractivity contribution is 9.11. The molecule has 0 atom stereocenters. The third kappa shape index (κ3) is 2.87. The van der Waals surface area contributed by atoms with Crippen molar-refractivity contribution in [1.82, 2.24) is 14.5 Å². The summed E-state index contributed by atoms with van der Waals surface area (Å²) < 4.78 is 2.83. The Labute approximate surface area is 126 Å². The van der Waals surface area contributed by atoms with Crippen molar-refractivity contribution >= 4 is 48.7 Å². The van der Waals surface area contributed by atoms with Gasteiger partial charge in [-0.05, 0) is 28.1 Å². The molecule has 1 heterocycles. The normalized spacial score (nSPS) is 10.7. The molecule has 0 aliphatic rings. The zero-order valence-electron chi connectivity index (χ0n) is 10.4. The fourth-order valence-corrected chi connectivity index (χ4v) is 2.92. The predicted molar refractivity (Wildman–Crippen MR) is 80.1 cm³/mol. The molecule has 0 aliphatic heterocycles. The lowest BCUT2D eigenvalue weighted by molar-refractivity contribution is -0.129. The van der Waals surface area contributed by atoms with Crippen molar-refractivity contribution in [3.05, 3.63) is 37.8 Å². The van der Waals surface area contributed by atoms with E-state index in [1.54, 1.807) is 20.2 Å². The molecule has 0 radical (unpaired) electrons. The van der Waals surface area contributed by atoms with E-state index in [0.29, 0.717) is 10.9 Å². The summed E-state index contributed by atoms with van der Waals surface area (Å²) in [5.74, 6) is -0.155. The lowest BCUT2D eigenvalue weighted by Crippen LogP contribution is -2.31. The molecule has 5 nitrogen and oxygen atoms in total. The Morgan fingerprint density at radius 2 is 2.05 bits per heavy atom. The van der Waals surface area contributed by atoms with E-state index in [4.69, 9.17) is 0 Å². The molecule has 1 aromatic heterocycles. The molecule has 2 aromatic rings. The van der Waals surface area contributed by atoms with Gasteiger partial charge in [-0.1, -0.05) is 15.9 Å². The molecular formula is C12H11Br2N3O2. The standard InChI is InChI=1S/C12H11Br2N3O2/c1-16(2)10(18)5-17-6-15-11-8(12(17)19)3-7(13)4-9(11)14/h3-4,6H,5H2,1-2H3. The van der Waals surface area contributed by atoms with Gasteiger partial charge in [-0.3, -0.25) is 14.2 Å². The molecule has 0 saturated carbocycles. The van der Waals surface area contributed by atoms with Crippen LogP contribution in [-0.2, 0) is 11.3 Å². The van der Waals surface area contributed by atoms with Gasteiger partial charge in [0.1, 0.15) is 6.54 Å². The third-order valence-electron chi connectivity index (χ3n) is 2.65. The van der Waals surface area contributed by atoms with E-state index in [9.17, 15) is 9.59 Å². The molecule has 2 rings (SSSR count). The van der Waals surface area contributed by atoms with Gasteiger partial charge in [0.25, 0.3) is 5.56 Å². The number of nitrogens with zero attached hydrogens (tertiary/aromatic N) is 3. The molecule has 1 amide bonds. The minimum absolute atomic E-state index is 0.0150. The number of benzene rings is 1. The summed E-state index contributed by atoms with van der Waals surface area (Å²) in [6.45, 7) is -0.0150. The van der Waals surface area contributed by atoms with Gasteiger partial charge >= 0.3 is 0 Å². The maximum absolute atomic E-state index is 12.3. The second kappa shape index (κ2) is 5.42. The number of likely N-dealkylation sites (N-methyl/N-ethyl adjacent to an activating group) is 1. The van der Waals surface area contributed by atoms with Crippen molar-refractivity contribution in [2.75, 3.05) is 14.1 Å². The summed E-state index contributed by atoms with van der Waals surface area (Å²) in [4.78, 5) is 29.6. The Balaban J connectivity index is 2.58. The average molecular weight is 389 g/mol. The molecule has 1 aromatic carbocycles. The Morgan fingerprint density at radius 3 is 2.68 bits per heavy atom. The largest absolute Gasteiger partial charge is 0.347 e. The molecule has 19 heavy (non-hydrogen) atoms. The number of hydrogen-bond acceptors (Lipinski definition) is 3. The number of amides is 1. The van der Waals surface area contributed by atoms with Crippen LogP contribution in [-0.4, -0.2) is 34.5 Å². The van der Waals surface area contributed by atoms with Crippen LogP contribution in [0.15, 0.2) is 32.2 Å². The molecular weight excluding hydrogens is 378 g/mol. The Bertz CT molecular complexity index is 710. The summed E-state index contributed by atoms with van der Waals surface area (Å²) in [7, 11) is 3.30. The number of carbonyl (C=O) groups is 1. The van der Waals surface area contributed by atoms with Crippen LogP contribution in [0.3, 0.4) is 0 Å². The van der Waals surface area contributed by atoms with Crippen LogP contribution in [0.25, 0.3) is 10.9 Å². The SMILES string of the molecule is CN(C)C(=O)Cn1cnc2c(Br)cc(Br)cc2c1=O. The van der Waals surface area contributed by atoms with Gasteiger partial charge in [0.2, 0.25) is 5.91 Å². The Morgan fingerprint density at radius 1 is 1.37 bits per heavy atom. The fourth-order valence-electron chi connectivity index (χ4n) is 1.59. The first-order valence-corrected chi connectivity index (χ1v) is 7.03. The topological polar surface area (TPSA) is 55.2 Å². The van der Waals surface area contributed by atoms with Crippen LogP contribution < -0.4 is 5.56 Å². The van der Waals surface area contributed by atoms with Gasteiger partial charge in [-0.15, -0.1) is 0 Å². The Kier molecular flexibility index (Phi) is 4.05. The van der Waals surface area contributed by atoms with Crippen molar-refractivity contribution in [3.63, 3.8) is 0 Å².